The van der Waals surface area contributed by atoms with E-state index in [1.807, 2.05) is 6.92 Å². The summed E-state index contributed by atoms with van der Waals surface area (Å²) in [5.41, 5.74) is 0. The Kier molecular flexibility index (Phi) is 4.93. The largest absolute Gasteiger partial charge is 0.382 e. The highest BCUT2D eigenvalue weighted by molar-refractivity contribution is 4.19. The summed E-state index contributed by atoms with van der Waals surface area (Å²) in [6.45, 7) is 5.88. The van der Waals surface area contributed by atoms with E-state index < -0.39 is 0 Å². The first-order valence-electron chi connectivity index (χ1n) is 2.49. The summed E-state index contributed by atoms with van der Waals surface area (Å²) >= 11 is 0. The lowest BCUT2D eigenvalue weighted by Crippen LogP contribution is -1.88. The minimum atomic E-state index is 0.855. The minimum Gasteiger partial charge on any atom is -0.382 e. The molecule has 0 unspecified atom stereocenters. The number of hydrogen-bond donors (Lipinski definition) is 0. The molecule has 38 valence electrons. The van der Waals surface area contributed by atoms with Gasteiger partial charge in [-0.2, -0.15) is 0 Å². The smallest absolute Gasteiger partial charge is 0.0463 e. The van der Waals surface area contributed by atoms with Crippen LogP contribution in [0.5, 0.6) is 0 Å². The predicted octanol–water partition coefficient (Wildman–Crippen LogP) is 1.43. The quantitative estimate of drug-likeness (QED) is 0.474. The van der Waals surface area contributed by atoms with Gasteiger partial charge in [0, 0.05) is 13.2 Å². The van der Waals surface area contributed by atoms with E-state index in [0.29, 0.717) is 0 Å². The molecule has 0 aromatic heterocycles. The van der Waals surface area contributed by atoms with E-state index in [9.17, 15) is 0 Å². The Morgan fingerprint density at radius 2 is 2.00 bits per heavy atom. The third-order valence-electron chi connectivity index (χ3n) is 0.553. The van der Waals surface area contributed by atoms with E-state index in [-0.39, 0.29) is 0 Å². The Morgan fingerprint density at radius 3 is 2.17 bits per heavy atom. The van der Waals surface area contributed by atoms with Crippen LogP contribution in [0.25, 0.3) is 0 Å². The average Bonchev–Trinajstić information content (AvgIpc) is 1.61. The zero-order chi connectivity index (χ0) is 4.83. The van der Waals surface area contributed by atoms with E-state index in [0.717, 1.165) is 19.6 Å². The fourth-order valence-electron chi connectivity index (χ4n) is 0.289. The fraction of sp³-hybridized carbons (Fsp3) is 1.00. The summed E-state index contributed by atoms with van der Waals surface area (Å²) < 4.78 is 4.98. The van der Waals surface area contributed by atoms with Gasteiger partial charge >= 0.3 is 0 Å². The van der Waals surface area contributed by atoms with E-state index in [4.69, 9.17) is 4.74 Å². The summed E-state index contributed by atoms with van der Waals surface area (Å²) in [5.74, 6) is 0. The third-order valence-corrected chi connectivity index (χ3v) is 0.553. The van der Waals surface area contributed by atoms with E-state index in [2.05, 4.69) is 6.92 Å². The minimum absolute atomic E-state index is 0.855. The van der Waals surface area contributed by atoms with Gasteiger partial charge in [0.2, 0.25) is 0 Å². The number of rotatable bonds is 3. The molecular formula is C5H12O. The molecule has 0 saturated heterocycles. The van der Waals surface area contributed by atoms with Crippen molar-refractivity contribution in [3.05, 3.63) is 0 Å². The number of ether oxygens (including phenoxy) is 1. The van der Waals surface area contributed by atoms with Crippen molar-refractivity contribution in [1.82, 2.24) is 0 Å². The molecular weight excluding hydrogens is 76.1 g/mol. The normalized spacial score (nSPS) is 9.00. The Morgan fingerprint density at radius 1 is 1.33 bits per heavy atom. The Balaban J connectivity index is 2.34. The molecule has 0 fully saturated rings. The molecule has 0 spiro atoms. The van der Waals surface area contributed by atoms with Gasteiger partial charge in [-0.25, -0.2) is 0 Å². The zero-order valence-electron chi connectivity index (χ0n) is 4.53. The molecule has 0 amide bonds. The van der Waals surface area contributed by atoms with E-state index >= 15 is 0 Å². The van der Waals surface area contributed by atoms with Crippen LogP contribution in [0.4, 0.5) is 0 Å². The van der Waals surface area contributed by atoms with Gasteiger partial charge in [-0.05, 0) is 13.3 Å². The summed E-state index contributed by atoms with van der Waals surface area (Å²) in [6.07, 6.45) is 1.13. The van der Waals surface area contributed by atoms with Gasteiger partial charge < -0.3 is 4.74 Å². The van der Waals surface area contributed by atoms with Crippen molar-refractivity contribution in [1.29, 1.82) is 0 Å². The molecule has 1 nitrogen and oxygen atoms in total. The van der Waals surface area contributed by atoms with Crippen molar-refractivity contribution in [2.24, 2.45) is 0 Å². The van der Waals surface area contributed by atoms with Crippen molar-refractivity contribution >= 4 is 0 Å². The van der Waals surface area contributed by atoms with Crippen LogP contribution in [0.2, 0.25) is 0 Å². The third kappa shape index (κ3) is 3.96. The summed E-state index contributed by atoms with van der Waals surface area (Å²) in [7, 11) is 0. The van der Waals surface area contributed by atoms with Gasteiger partial charge in [0.15, 0.2) is 0 Å². The molecule has 1 heteroatoms. The maximum Gasteiger partial charge on any atom is 0.0463 e. The number of hydrogen-bond acceptors (Lipinski definition) is 1. The van der Waals surface area contributed by atoms with Gasteiger partial charge in [-0.15, -0.1) is 0 Å². The van der Waals surface area contributed by atoms with Gasteiger partial charge in [0.05, 0.1) is 0 Å². The SMILES string of the molecule is CCCOCC. The molecule has 0 aliphatic rings. The highest BCUT2D eigenvalue weighted by Gasteiger charge is 1.72. The zero-order valence-corrected chi connectivity index (χ0v) is 4.53. The lowest BCUT2D eigenvalue weighted by molar-refractivity contribution is 0.148. The highest BCUT2D eigenvalue weighted by atomic mass is 16.5. The summed E-state index contributed by atoms with van der Waals surface area (Å²) in [6, 6.07) is 0. The molecule has 0 aliphatic heterocycles. The standard InChI is InChI=1S/C5H12O/c1-3-5-6-4-2/h3-5H2,1-2H3. The van der Waals surface area contributed by atoms with Crippen LogP contribution in [0.1, 0.15) is 20.3 Å². The molecule has 0 atom stereocenters. The van der Waals surface area contributed by atoms with Crippen LogP contribution >= 0.6 is 0 Å². The fourth-order valence-corrected chi connectivity index (χ4v) is 0.289. The molecule has 6 heavy (non-hydrogen) atoms. The predicted molar refractivity (Wildman–Crippen MR) is 26.8 cm³/mol. The molecule has 0 aromatic rings. The second kappa shape index (κ2) is 4.96. The van der Waals surface area contributed by atoms with Crippen LogP contribution in [0.3, 0.4) is 0 Å². The van der Waals surface area contributed by atoms with Crippen LogP contribution in [-0.2, 0) is 4.74 Å². The molecule has 0 N–H and O–H groups in total. The molecule has 0 bridgehead atoms. The lowest BCUT2D eigenvalue weighted by atomic mass is 10.5. The Bertz CT molecular complexity index is 15.9. The first-order valence-corrected chi connectivity index (χ1v) is 2.49. The summed E-state index contributed by atoms with van der Waals surface area (Å²) in [4.78, 5) is 0. The maximum absolute atomic E-state index is 4.98. The first kappa shape index (κ1) is 5.96. The first-order chi connectivity index (χ1) is 2.91. The van der Waals surface area contributed by atoms with Crippen molar-refractivity contribution in [3.63, 3.8) is 0 Å². The highest BCUT2D eigenvalue weighted by Crippen LogP contribution is 1.75. The van der Waals surface area contributed by atoms with Crippen LogP contribution < -0.4 is 0 Å². The summed E-state index contributed by atoms with van der Waals surface area (Å²) in [5, 5.41) is 0. The molecule has 0 saturated carbocycles. The van der Waals surface area contributed by atoms with E-state index in [1.165, 1.54) is 0 Å². The Hall–Kier alpha value is -0.0400. The topological polar surface area (TPSA) is 9.23 Å². The average molecular weight is 88.1 g/mol. The Labute approximate surface area is 39.3 Å². The molecule has 0 rings (SSSR count). The van der Waals surface area contributed by atoms with Crippen molar-refractivity contribution in [2.75, 3.05) is 13.2 Å². The van der Waals surface area contributed by atoms with E-state index in [1.54, 1.807) is 0 Å². The van der Waals surface area contributed by atoms with Gasteiger partial charge in [-0.3, -0.25) is 0 Å². The van der Waals surface area contributed by atoms with Crippen molar-refractivity contribution in [3.8, 4) is 0 Å². The molecule has 0 radical (unpaired) electrons. The van der Waals surface area contributed by atoms with Gasteiger partial charge in [0.1, 0.15) is 0 Å². The van der Waals surface area contributed by atoms with Crippen LogP contribution in [-0.4, -0.2) is 13.2 Å². The maximum atomic E-state index is 4.98. The van der Waals surface area contributed by atoms with Crippen LogP contribution in [0.15, 0.2) is 0 Å². The second-order valence-corrected chi connectivity index (χ2v) is 1.20. The lowest BCUT2D eigenvalue weighted by Gasteiger charge is -1.91. The van der Waals surface area contributed by atoms with Crippen LogP contribution in [0, 0.1) is 0 Å². The molecule has 0 aliphatic carbocycles. The van der Waals surface area contributed by atoms with Gasteiger partial charge in [-0.1, -0.05) is 6.92 Å². The van der Waals surface area contributed by atoms with Crippen molar-refractivity contribution in [2.45, 2.75) is 20.3 Å². The second-order valence-electron chi connectivity index (χ2n) is 1.20. The van der Waals surface area contributed by atoms with Crippen molar-refractivity contribution < 1.29 is 4.74 Å². The molecule has 0 heterocycles. The molecule has 0 aromatic carbocycles. The van der Waals surface area contributed by atoms with Gasteiger partial charge in [0.25, 0.3) is 0 Å². The monoisotopic (exact) mass is 88.1 g/mol.